The summed E-state index contributed by atoms with van der Waals surface area (Å²) in [6.07, 6.45) is 1.40. The molecule has 0 spiro atoms. The number of aryl methyl sites for hydroxylation is 1. The predicted octanol–water partition coefficient (Wildman–Crippen LogP) is 3.70. The van der Waals surface area contributed by atoms with E-state index in [1.54, 1.807) is 18.2 Å². The molecular formula is C23H22ClN3O4S. The number of benzene rings is 3. The lowest BCUT2D eigenvalue weighted by Crippen LogP contribution is -2.39. The summed E-state index contributed by atoms with van der Waals surface area (Å²) in [4.78, 5) is 12.5. The molecule has 3 aromatic rings. The van der Waals surface area contributed by atoms with Gasteiger partial charge in [0.15, 0.2) is 0 Å². The van der Waals surface area contributed by atoms with Crippen LogP contribution in [0.5, 0.6) is 5.75 Å². The van der Waals surface area contributed by atoms with Gasteiger partial charge in [-0.1, -0.05) is 41.4 Å². The van der Waals surface area contributed by atoms with E-state index in [9.17, 15) is 18.3 Å². The molecule has 9 heteroatoms. The Balaban J connectivity index is 1.79. The highest BCUT2D eigenvalue weighted by Gasteiger charge is 2.27. The van der Waals surface area contributed by atoms with Crippen molar-refractivity contribution >= 4 is 33.7 Å². The molecule has 0 aromatic heterocycles. The topological polar surface area (TPSA) is 99.1 Å². The summed E-state index contributed by atoms with van der Waals surface area (Å²) >= 11 is 5.89. The number of nitrogens with zero attached hydrogens (tertiary/aromatic N) is 2. The average molecular weight is 472 g/mol. The van der Waals surface area contributed by atoms with Crippen molar-refractivity contribution in [2.45, 2.75) is 18.4 Å². The Morgan fingerprint density at radius 2 is 1.78 bits per heavy atom. The molecule has 3 aromatic carbocycles. The van der Waals surface area contributed by atoms with Gasteiger partial charge in [0.2, 0.25) is 10.0 Å². The van der Waals surface area contributed by atoms with E-state index < -0.39 is 22.5 Å². The minimum atomic E-state index is -3.97. The molecule has 0 radical (unpaired) electrons. The molecule has 0 atom stereocenters. The number of rotatable bonds is 8. The quantitative estimate of drug-likeness (QED) is 0.386. The molecule has 2 N–H and O–H groups in total. The van der Waals surface area contributed by atoms with Crippen LogP contribution in [0.2, 0.25) is 5.02 Å². The van der Waals surface area contributed by atoms with Crippen molar-refractivity contribution in [3.63, 3.8) is 0 Å². The van der Waals surface area contributed by atoms with Crippen LogP contribution in [-0.2, 0) is 21.4 Å². The summed E-state index contributed by atoms with van der Waals surface area (Å²) < 4.78 is 27.6. The van der Waals surface area contributed by atoms with Gasteiger partial charge in [0.05, 0.1) is 17.7 Å². The third-order valence-electron chi connectivity index (χ3n) is 4.51. The molecule has 3 rings (SSSR count). The van der Waals surface area contributed by atoms with Crippen LogP contribution >= 0.6 is 11.6 Å². The van der Waals surface area contributed by atoms with Gasteiger partial charge < -0.3 is 5.11 Å². The van der Waals surface area contributed by atoms with Crippen LogP contribution in [0.3, 0.4) is 0 Å². The van der Waals surface area contributed by atoms with Crippen molar-refractivity contribution in [3.05, 3.63) is 94.5 Å². The first-order valence-electron chi connectivity index (χ1n) is 9.66. The number of carbonyl (C=O) groups is 1. The number of nitrogens with one attached hydrogen (secondary N) is 1. The summed E-state index contributed by atoms with van der Waals surface area (Å²) in [5.74, 6) is -0.476. The van der Waals surface area contributed by atoms with E-state index in [1.807, 2.05) is 25.1 Å². The summed E-state index contributed by atoms with van der Waals surface area (Å²) in [5, 5.41) is 13.6. The smallest absolute Gasteiger partial charge is 0.255 e. The Hall–Kier alpha value is -3.20. The number of hydrazone groups is 1. The molecule has 0 aliphatic rings. The fraction of sp³-hybridized carbons (Fsp3) is 0.130. The van der Waals surface area contributed by atoms with E-state index in [0.717, 1.165) is 15.4 Å². The Morgan fingerprint density at radius 1 is 1.09 bits per heavy atom. The van der Waals surface area contributed by atoms with E-state index in [4.69, 9.17) is 11.6 Å². The van der Waals surface area contributed by atoms with Gasteiger partial charge in [0.25, 0.3) is 5.91 Å². The maximum atomic E-state index is 13.2. The van der Waals surface area contributed by atoms with Gasteiger partial charge in [-0.25, -0.2) is 13.8 Å². The van der Waals surface area contributed by atoms with Crippen LogP contribution in [0.15, 0.2) is 82.8 Å². The van der Waals surface area contributed by atoms with Gasteiger partial charge >= 0.3 is 0 Å². The number of amides is 1. The first-order chi connectivity index (χ1) is 15.2. The van der Waals surface area contributed by atoms with Gasteiger partial charge in [-0.05, 0) is 66.6 Å². The second kappa shape index (κ2) is 10.4. The number of sulfonamides is 1. The molecule has 0 saturated heterocycles. The SMILES string of the molecule is Cc1cccc(CN(CC(=O)N/N=C\c2ccc(O)cc2)S(=O)(=O)c2ccc(Cl)cc2)c1. The number of carbonyl (C=O) groups excluding carboxylic acids is 1. The maximum Gasteiger partial charge on any atom is 0.255 e. The maximum absolute atomic E-state index is 13.2. The lowest BCUT2D eigenvalue weighted by atomic mass is 10.1. The fourth-order valence-corrected chi connectivity index (χ4v) is 4.44. The molecule has 0 bridgehead atoms. The Labute approximate surface area is 192 Å². The Morgan fingerprint density at radius 3 is 2.44 bits per heavy atom. The van der Waals surface area contributed by atoms with E-state index >= 15 is 0 Å². The number of hydrogen-bond donors (Lipinski definition) is 2. The van der Waals surface area contributed by atoms with Crippen LogP contribution in [-0.4, -0.2) is 36.5 Å². The van der Waals surface area contributed by atoms with Crippen molar-refractivity contribution < 1.29 is 18.3 Å². The zero-order valence-corrected chi connectivity index (χ0v) is 18.8. The van der Waals surface area contributed by atoms with E-state index in [0.29, 0.717) is 10.6 Å². The van der Waals surface area contributed by atoms with Crippen molar-refractivity contribution in [2.75, 3.05) is 6.54 Å². The highest BCUT2D eigenvalue weighted by Crippen LogP contribution is 2.21. The number of phenolic OH excluding ortho intramolecular Hbond substituents is 1. The minimum absolute atomic E-state index is 0.0156. The molecule has 1 amide bonds. The lowest BCUT2D eigenvalue weighted by molar-refractivity contribution is -0.121. The van der Waals surface area contributed by atoms with Crippen molar-refractivity contribution in [1.29, 1.82) is 0 Å². The van der Waals surface area contributed by atoms with Gasteiger partial charge in [0, 0.05) is 11.6 Å². The number of halogens is 1. The van der Waals surface area contributed by atoms with E-state index in [1.165, 1.54) is 42.6 Å². The van der Waals surface area contributed by atoms with Crippen LogP contribution < -0.4 is 5.43 Å². The highest BCUT2D eigenvalue weighted by molar-refractivity contribution is 7.89. The van der Waals surface area contributed by atoms with Crippen LogP contribution in [0.4, 0.5) is 0 Å². The predicted molar refractivity (Wildman–Crippen MR) is 124 cm³/mol. The van der Waals surface area contributed by atoms with Gasteiger partial charge in [0.1, 0.15) is 5.75 Å². The molecule has 32 heavy (non-hydrogen) atoms. The fourth-order valence-electron chi connectivity index (χ4n) is 2.93. The highest BCUT2D eigenvalue weighted by atomic mass is 35.5. The van der Waals surface area contributed by atoms with Crippen molar-refractivity contribution in [3.8, 4) is 5.75 Å². The normalized spacial score (nSPS) is 11.7. The first kappa shape index (κ1) is 23.5. The monoisotopic (exact) mass is 471 g/mol. The molecule has 0 aliphatic heterocycles. The second-order valence-corrected chi connectivity index (χ2v) is 9.48. The molecule has 0 aliphatic carbocycles. The minimum Gasteiger partial charge on any atom is -0.508 e. The zero-order valence-electron chi connectivity index (χ0n) is 17.3. The number of aromatic hydroxyl groups is 1. The third kappa shape index (κ3) is 6.40. The van der Waals surface area contributed by atoms with Crippen molar-refractivity contribution in [2.24, 2.45) is 5.10 Å². The largest absolute Gasteiger partial charge is 0.508 e. The standard InChI is InChI=1S/C23H22ClN3O4S/c1-17-3-2-4-19(13-17)15-27(32(30,31)22-11-7-20(24)8-12-22)16-23(29)26-25-14-18-5-9-21(28)10-6-18/h2-14,28H,15-16H2,1H3,(H,26,29)/b25-14-. The van der Waals surface area contributed by atoms with Crippen LogP contribution in [0, 0.1) is 6.92 Å². The van der Waals surface area contributed by atoms with Gasteiger partial charge in [-0.2, -0.15) is 9.41 Å². The Bertz CT molecular complexity index is 1210. The van der Waals surface area contributed by atoms with E-state index in [-0.39, 0.29) is 17.2 Å². The third-order valence-corrected chi connectivity index (χ3v) is 6.57. The van der Waals surface area contributed by atoms with Crippen LogP contribution in [0.25, 0.3) is 0 Å². The Kier molecular flexibility index (Phi) is 7.63. The summed E-state index contributed by atoms with van der Waals surface area (Å²) in [7, 11) is -3.97. The number of phenols is 1. The molecule has 7 nitrogen and oxygen atoms in total. The molecular weight excluding hydrogens is 450 g/mol. The van der Waals surface area contributed by atoms with Crippen LogP contribution in [0.1, 0.15) is 16.7 Å². The molecule has 0 saturated carbocycles. The molecule has 0 unspecified atom stereocenters. The first-order valence-corrected chi connectivity index (χ1v) is 11.5. The summed E-state index contributed by atoms with van der Waals surface area (Å²) in [5.41, 5.74) is 4.74. The molecule has 0 fully saturated rings. The average Bonchev–Trinajstić information content (AvgIpc) is 2.75. The molecule has 166 valence electrons. The zero-order chi connectivity index (χ0) is 23.1. The molecule has 0 heterocycles. The van der Waals surface area contributed by atoms with Crippen molar-refractivity contribution in [1.82, 2.24) is 9.73 Å². The van der Waals surface area contributed by atoms with Gasteiger partial charge in [-0.15, -0.1) is 0 Å². The second-order valence-electron chi connectivity index (χ2n) is 7.10. The van der Waals surface area contributed by atoms with Gasteiger partial charge in [-0.3, -0.25) is 4.79 Å². The van der Waals surface area contributed by atoms with E-state index in [2.05, 4.69) is 10.5 Å². The number of hydrogen-bond acceptors (Lipinski definition) is 5. The lowest BCUT2D eigenvalue weighted by Gasteiger charge is -2.21. The summed E-state index contributed by atoms with van der Waals surface area (Å²) in [6.45, 7) is 1.50. The summed E-state index contributed by atoms with van der Waals surface area (Å²) in [6, 6.07) is 19.4.